The predicted molar refractivity (Wildman–Crippen MR) is 81.5 cm³/mol. The van der Waals surface area contributed by atoms with Crippen LogP contribution in [0.2, 0.25) is 0 Å². The first-order chi connectivity index (χ1) is 9.83. The zero-order valence-electron chi connectivity index (χ0n) is 12.8. The normalized spacial score (nSPS) is 32.0. The van der Waals surface area contributed by atoms with Crippen molar-refractivity contribution in [3.8, 4) is 0 Å². The number of carboxylic acid groups (broad SMARTS) is 1. The zero-order valence-corrected chi connectivity index (χ0v) is 13.6. The molecule has 0 radical (unpaired) electrons. The van der Waals surface area contributed by atoms with Gasteiger partial charge in [-0.25, -0.2) is 8.42 Å². The molecule has 0 aliphatic heterocycles. The summed E-state index contributed by atoms with van der Waals surface area (Å²) in [6.45, 7) is 1.99. The molecule has 2 saturated carbocycles. The van der Waals surface area contributed by atoms with Crippen LogP contribution < -0.4 is 4.72 Å². The van der Waals surface area contributed by atoms with E-state index >= 15 is 0 Å². The first-order valence-electron chi connectivity index (χ1n) is 8.08. The molecule has 0 aromatic heterocycles. The number of aliphatic carboxylic acids is 1. The summed E-state index contributed by atoms with van der Waals surface area (Å²) >= 11 is 0. The zero-order chi connectivity index (χ0) is 15.5. The van der Waals surface area contributed by atoms with E-state index in [1.54, 1.807) is 0 Å². The smallest absolute Gasteiger partial charge is 0.324 e. The first-order valence-corrected chi connectivity index (χ1v) is 9.73. The Morgan fingerprint density at radius 1 is 1.19 bits per heavy atom. The number of sulfonamides is 1. The molecule has 2 aliphatic rings. The maximum atomic E-state index is 12.4. The Hall–Kier alpha value is -0.620. The minimum absolute atomic E-state index is 0.0798. The number of carboxylic acids is 1. The highest BCUT2D eigenvalue weighted by atomic mass is 32.2. The fourth-order valence-corrected chi connectivity index (χ4v) is 5.79. The second-order valence-corrected chi connectivity index (χ2v) is 8.74. The van der Waals surface area contributed by atoms with E-state index in [0.717, 1.165) is 38.5 Å². The molecule has 6 heteroatoms. The van der Waals surface area contributed by atoms with Crippen molar-refractivity contribution in [1.82, 2.24) is 4.72 Å². The van der Waals surface area contributed by atoms with Crippen LogP contribution in [-0.2, 0) is 14.8 Å². The van der Waals surface area contributed by atoms with Crippen molar-refractivity contribution < 1.29 is 18.3 Å². The molecule has 2 aliphatic carbocycles. The minimum atomic E-state index is -3.54. The molecule has 0 bridgehead atoms. The van der Waals surface area contributed by atoms with E-state index in [0.29, 0.717) is 12.8 Å². The molecular formula is C15H27NO4S. The van der Waals surface area contributed by atoms with E-state index in [2.05, 4.69) is 4.72 Å². The molecule has 2 rings (SSSR count). The topological polar surface area (TPSA) is 83.5 Å². The van der Waals surface area contributed by atoms with E-state index in [1.807, 2.05) is 6.92 Å². The maximum Gasteiger partial charge on any atom is 0.324 e. The van der Waals surface area contributed by atoms with Crippen LogP contribution in [0.15, 0.2) is 0 Å². The van der Waals surface area contributed by atoms with Gasteiger partial charge in [0.1, 0.15) is 5.54 Å². The van der Waals surface area contributed by atoms with E-state index in [1.165, 1.54) is 6.42 Å². The van der Waals surface area contributed by atoms with Gasteiger partial charge in [0.05, 0.1) is 5.75 Å². The Morgan fingerprint density at radius 2 is 1.86 bits per heavy atom. The lowest BCUT2D eigenvalue weighted by Crippen LogP contribution is -2.57. The quantitative estimate of drug-likeness (QED) is 0.816. The van der Waals surface area contributed by atoms with E-state index in [9.17, 15) is 18.3 Å². The summed E-state index contributed by atoms with van der Waals surface area (Å²) in [7, 11) is -3.54. The molecule has 0 saturated heterocycles. The summed E-state index contributed by atoms with van der Waals surface area (Å²) in [5.41, 5.74) is -1.29. The highest BCUT2D eigenvalue weighted by Gasteiger charge is 2.45. The molecule has 2 N–H and O–H groups in total. The largest absolute Gasteiger partial charge is 0.480 e. The molecule has 122 valence electrons. The lowest BCUT2D eigenvalue weighted by Gasteiger charge is -2.37. The lowest BCUT2D eigenvalue weighted by atomic mass is 9.77. The SMILES string of the molecule is CC1CCCC(NS(=O)(=O)CC2CCCCC2)(C(=O)O)C1. The van der Waals surface area contributed by atoms with Gasteiger partial charge < -0.3 is 5.11 Å². The monoisotopic (exact) mass is 317 g/mol. The summed E-state index contributed by atoms with van der Waals surface area (Å²) in [6.07, 6.45) is 7.76. The van der Waals surface area contributed by atoms with Crippen molar-refractivity contribution in [1.29, 1.82) is 0 Å². The second kappa shape index (κ2) is 6.65. The van der Waals surface area contributed by atoms with Crippen molar-refractivity contribution in [2.75, 3.05) is 5.75 Å². The van der Waals surface area contributed by atoms with E-state index in [4.69, 9.17) is 0 Å². The maximum absolute atomic E-state index is 12.4. The molecule has 2 unspecified atom stereocenters. The van der Waals surface area contributed by atoms with Crippen LogP contribution in [0.1, 0.15) is 64.7 Å². The average molecular weight is 317 g/mol. The molecule has 21 heavy (non-hydrogen) atoms. The summed E-state index contributed by atoms with van der Waals surface area (Å²) in [5.74, 6) is -0.521. The molecule has 2 atom stereocenters. The van der Waals surface area contributed by atoms with Gasteiger partial charge in [0.25, 0.3) is 0 Å². The molecule has 0 spiro atoms. The third kappa shape index (κ3) is 4.42. The number of rotatable bonds is 5. The number of hydrogen-bond acceptors (Lipinski definition) is 3. The summed E-state index contributed by atoms with van der Waals surface area (Å²) in [4.78, 5) is 11.7. The van der Waals surface area contributed by atoms with Crippen LogP contribution in [-0.4, -0.2) is 30.8 Å². The summed E-state index contributed by atoms with van der Waals surface area (Å²) < 4.78 is 27.4. The number of carbonyl (C=O) groups is 1. The van der Waals surface area contributed by atoms with Crippen LogP contribution in [0.5, 0.6) is 0 Å². The summed E-state index contributed by atoms with van der Waals surface area (Å²) in [5, 5.41) is 9.55. The van der Waals surface area contributed by atoms with Gasteiger partial charge >= 0.3 is 5.97 Å². The van der Waals surface area contributed by atoms with Gasteiger partial charge in [0, 0.05) is 0 Å². The molecule has 2 fully saturated rings. The van der Waals surface area contributed by atoms with Crippen molar-refractivity contribution >= 4 is 16.0 Å². The number of nitrogens with one attached hydrogen (secondary N) is 1. The Morgan fingerprint density at radius 3 is 2.43 bits per heavy atom. The van der Waals surface area contributed by atoms with Gasteiger partial charge in [-0.1, -0.05) is 39.0 Å². The second-order valence-electron chi connectivity index (χ2n) is 6.98. The van der Waals surface area contributed by atoms with Crippen molar-refractivity contribution in [2.24, 2.45) is 11.8 Å². The predicted octanol–water partition coefficient (Wildman–Crippen LogP) is 2.52. The fraction of sp³-hybridized carbons (Fsp3) is 0.933. The van der Waals surface area contributed by atoms with Crippen molar-refractivity contribution in [2.45, 2.75) is 70.3 Å². The van der Waals surface area contributed by atoms with Crippen LogP contribution in [0, 0.1) is 11.8 Å². The van der Waals surface area contributed by atoms with E-state index < -0.39 is 21.5 Å². The van der Waals surface area contributed by atoms with Gasteiger partial charge in [-0.2, -0.15) is 4.72 Å². The Labute approximate surface area is 127 Å². The first kappa shape index (κ1) is 16.7. The molecule has 0 aromatic carbocycles. The van der Waals surface area contributed by atoms with Gasteiger partial charge in [0.15, 0.2) is 0 Å². The fourth-order valence-electron chi connectivity index (χ4n) is 3.89. The average Bonchev–Trinajstić information content (AvgIpc) is 2.38. The third-order valence-corrected chi connectivity index (χ3v) is 6.55. The van der Waals surface area contributed by atoms with Gasteiger partial charge in [-0.05, 0) is 37.5 Å². The van der Waals surface area contributed by atoms with Crippen LogP contribution in [0.3, 0.4) is 0 Å². The van der Waals surface area contributed by atoms with Crippen LogP contribution in [0.4, 0.5) is 0 Å². The van der Waals surface area contributed by atoms with Crippen molar-refractivity contribution in [3.05, 3.63) is 0 Å². The lowest BCUT2D eigenvalue weighted by molar-refractivity contribution is -0.146. The van der Waals surface area contributed by atoms with Gasteiger partial charge in [-0.3, -0.25) is 4.79 Å². The molecule has 5 nitrogen and oxygen atoms in total. The molecule has 0 heterocycles. The Kier molecular flexibility index (Phi) is 5.30. The van der Waals surface area contributed by atoms with Crippen molar-refractivity contribution in [3.63, 3.8) is 0 Å². The molecule has 0 aromatic rings. The number of hydrogen-bond donors (Lipinski definition) is 2. The van der Waals surface area contributed by atoms with E-state index in [-0.39, 0.29) is 17.6 Å². The highest BCUT2D eigenvalue weighted by molar-refractivity contribution is 7.89. The minimum Gasteiger partial charge on any atom is -0.480 e. The third-order valence-electron chi connectivity index (χ3n) is 4.94. The molecule has 0 amide bonds. The van der Waals surface area contributed by atoms with Gasteiger partial charge in [-0.15, -0.1) is 0 Å². The Balaban J connectivity index is 2.06. The molecular weight excluding hydrogens is 290 g/mol. The standard InChI is InChI=1S/C15H27NO4S/c1-12-6-5-9-15(10-12,14(17)18)16-21(19,20)11-13-7-3-2-4-8-13/h12-13,16H,2-11H2,1H3,(H,17,18). The van der Waals surface area contributed by atoms with Crippen LogP contribution in [0.25, 0.3) is 0 Å². The van der Waals surface area contributed by atoms with Gasteiger partial charge in [0.2, 0.25) is 10.0 Å². The highest BCUT2D eigenvalue weighted by Crippen LogP contribution is 2.34. The summed E-state index contributed by atoms with van der Waals surface area (Å²) in [6, 6.07) is 0. The Bertz CT molecular complexity index is 470. The van der Waals surface area contributed by atoms with Crippen LogP contribution >= 0.6 is 0 Å².